The minimum Gasteiger partial charge on any atom is -0.355 e. The molecule has 1 aromatic carbocycles. The Morgan fingerprint density at radius 3 is 2.22 bits per heavy atom. The van der Waals surface area contributed by atoms with Gasteiger partial charge >= 0.3 is 6.18 Å². The van der Waals surface area contributed by atoms with Gasteiger partial charge in [0.2, 0.25) is 5.91 Å². The monoisotopic (exact) mass is 353 g/mol. The topological polar surface area (TPSA) is 84.2 Å². The van der Waals surface area contributed by atoms with Crippen molar-refractivity contribution < 1.29 is 22.8 Å². The van der Waals surface area contributed by atoms with Crippen LogP contribution >= 0.6 is 12.4 Å². The van der Waals surface area contributed by atoms with Crippen molar-refractivity contribution in [3.63, 3.8) is 0 Å². The summed E-state index contributed by atoms with van der Waals surface area (Å²) in [5, 5.41) is 4.90. The Labute approximate surface area is 138 Å². The highest BCUT2D eigenvalue weighted by molar-refractivity contribution is 5.96. The molecule has 0 fully saturated rings. The van der Waals surface area contributed by atoms with Crippen LogP contribution in [0, 0.1) is 0 Å². The summed E-state index contributed by atoms with van der Waals surface area (Å²) in [6.07, 6.45) is -3.84. The van der Waals surface area contributed by atoms with E-state index in [0.29, 0.717) is 13.0 Å². The number of amides is 2. The number of carbonyl (C=O) groups excluding carboxylic acids is 2. The molecule has 0 saturated heterocycles. The van der Waals surface area contributed by atoms with Gasteiger partial charge < -0.3 is 16.4 Å². The highest BCUT2D eigenvalue weighted by atomic mass is 35.5. The molecule has 0 aliphatic heterocycles. The van der Waals surface area contributed by atoms with Crippen LogP contribution < -0.4 is 16.4 Å². The molecule has 0 heterocycles. The second kappa shape index (κ2) is 9.36. The van der Waals surface area contributed by atoms with E-state index in [-0.39, 0.29) is 36.5 Å². The number of rotatable bonds is 6. The van der Waals surface area contributed by atoms with E-state index < -0.39 is 17.6 Å². The molecule has 1 unspecified atom stereocenters. The van der Waals surface area contributed by atoms with Crippen molar-refractivity contribution in [2.75, 3.05) is 13.1 Å². The molecule has 2 amide bonds. The summed E-state index contributed by atoms with van der Waals surface area (Å²) < 4.78 is 37.2. The van der Waals surface area contributed by atoms with Crippen molar-refractivity contribution in [3.05, 3.63) is 35.4 Å². The van der Waals surface area contributed by atoms with Crippen LogP contribution in [-0.4, -0.2) is 30.9 Å². The molecule has 0 bridgehead atoms. The Kier molecular flexibility index (Phi) is 8.63. The van der Waals surface area contributed by atoms with Crippen LogP contribution in [0.4, 0.5) is 13.2 Å². The van der Waals surface area contributed by atoms with E-state index in [1.54, 1.807) is 6.92 Å². The van der Waals surface area contributed by atoms with Gasteiger partial charge in [-0.1, -0.05) is 0 Å². The molecular weight excluding hydrogens is 335 g/mol. The summed E-state index contributed by atoms with van der Waals surface area (Å²) in [6.45, 7) is 1.95. The fourth-order valence-electron chi connectivity index (χ4n) is 1.57. The van der Waals surface area contributed by atoms with Crippen LogP contribution in [0.1, 0.15) is 29.3 Å². The lowest BCUT2D eigenvalue weighted by atomic mass is 10.1. The van der Waals surface area contributed by atoms with Gasteiger partial charge in [-0.3, -0.25) is 9.59 Å². The minimum absolute atomic E-state index is 0. The lowest BCUT2D eigenvalue weighted by Crippen LogP contribution is -2.38. The molecule has 23 heavy (non-hydrogen) atoms. The summed E-state index contributed by atoms with van der Waals surface area (Å²) in [4.78, 5) is 23.1. The second-order valence-corrected chi connectivity index (χ2v) is 4.87. The van der Waals surface area contributed by atoms with Gasteiger partial charge in [-0.25, -0.2) is 0 Å². The van der Waals surface area contributed by atoms with E-state index in [1.165, 1.54) is 0 Å². The molecule has 1 rings (SSSR count). The highest BCUT2D eigenvalue weighted by Crippen LogP contribution is 2.28. The van der Waals surface area contributed by atoms with Crippen molar-refractivity contribution in [1.29, 1.82) is 0 Å². The van der Waals surface area contributed by atoms with Crippen molar-refractivity contribution in [2.45, 2.75) is 25.6 Å². The van der Waals surface area contributed by atoms with Gasteiger partial charge in [0, 0.05) is 18.2 Å². The van der Waals surface area contributed by atoms with Crippen molar-refractivity contribution >= 4 is 24.2 Å². The van der Waals surface area contributed by atoms with Crippen LogP contribution in [0.15, 0.2) is 24.3 Å². The molecular formula is C14H19ClF3N3O2. The SMILES string of the molecule is CC(N)CCNC(=O)CNC(=O)c1ccc(C(F)(F)F)cc1.Cl. The van der Waals surface area contributed by atoms with E-state index in [0.717, 1.165) is 24.3 Å². The summed E-state index contributed by atoms with van der Waals surface area (Å²) in [6, 6.07) is 3.72. The first kappa shape index (κ1) is 21.2. The molecule has 4 N–H and O–H groups in total. The Bertz CT molecular complexity index is 519. The summed E-state index contributed by atoms with van der Waals surface area (Å²) in [5.41, 5.74) is 4.74. The van der Waals surface area contributed by atoms with Gasteiger partial charge in [0.15, 0.2) is 0 Å². The maximum absolute atomic E-state index is 12.4. The quantitative estimate of drug-likeness (QED) is 0.728. The van der Waals surface area contributed by atoms with Gasteiger partial charge in [-0.2, -0.15) is 13.2 Å². The molecule has 5 nitrogen and oxygen atoms in total. The predicted molar refractivity (Wildman–Crippen MR) is 82.3 cm³/mol. The highest BCUT2D eigenvalue weighted by Gasteiger charge is 2.30. The third kappa shape index (κ3) is 7.85. The Hall–Kier alpha value is -1.80. The predicted octanol–water partition coefficient (Wildman–Crippen LogP) is 1.71. The van der Waals surface area contributed by atoms with Crippen molar-refractivity contribution in [1.82, 2.24) is 10.6 Å². The Morgan fingerprint density at radius 1 is 1.17 bits per heavy atom. The fraction of sp³-hybridized carbons (Fsp3) is 0.429. The van der Waals surface area contributed by atoms with E-state index in [9.17, 15) is 22.8 Å². The number of hydrogen-bond acceptors (Lipinski definition) is 3. The number of carbonyl (C=O) groups is 2. The lowest BCUT2D eigenvalue weighted by Gasteiger charge is -2.09. The van der Waals surface area contributed by atoms with E-state index in [1.807, 2.05) is 0 Å². The van der Waals surface area contributed by atoms with Gasteiger partial charge in [0.25, 0.3) is 5.91 Å². The van der Waals surface area contributed by atoms with Crippen LogP contribution in [0.3, 0.4) is 0 Å². The van der Waals surface area contributed by atoms with Crippen molar-refractivity contribution in [2.24, 2.45) is 5.73 Å². The summed E-state index contributed by atoms with van der Waals surface area (Å²) in [5.74, 6) is -1.00. The Morgan fingerprint density at radius 2 is 1.74 bits per heavy atom. The molecule has 130 valence electrons. The Balaban J connectivity index is 0.00000484. The minimum atomic E-state index is -4.45. The normalized spacial score (nSPS) is 12.0. The fourth-order valence-corrected chi connectivity index (χ4v) is 1.57. The van der Waals surface area contributed by atoms with E-state index in [2.05, 4.69) is 10.6 Å². The van der Waals surface area contributed by atoms with Gasteiger partial charge in [0.1, 0.15) is 0 Å². The number of halogens is 4. The zero-order chi connectivity index (χ0) is 16.8. The number of nitrogens with two attached hydrogens (primary N) is 1. The largest absolute Gasteiger partial charge is 0.416 e. The molecule has 0 spiro atoms. The molecule has 0 aromatic heterocycles. The maximum atomic E-state index is 12.4. The molecule has 0 aliphatic rings. The van der Waals surface area contributed by atoms with Gasteiger partial charge in [-0.15, -0.1) is 12.4 Å². The molecule has 9 heteroatoms. The molecule has 1 aromatic rings. The van der Waals surface area contributed by atoms with E-state index >= 15 is 0 Å². The van der Waals surface area contributed by atoms with Crippen molar-refractivity contribution in [3.8, 4) is 0 Å². The van der Waals surface area contributed by atoms with Crippen LogP contribution in [0.2, 0.25) is 0 Å². The number of hydrogen-bond donors (Lipinski definition) is 3. The maximum Gasteiger partial charge on any atom is 0.416 e. The lowest BCUT2D eigenvalue weighted by molar-refractivity contribution is -0.137. The summed E-state index contributed by atoms with van der Waals surface area (Å²) in [7, 11) is 0. The van der Waals surface area contributed by atoms with Crippen LogP contribution in [0.5, 0.6) is 0 Å². The zero-order valence-corrected chi connectivity index (χ0v) is 13.3. The third-order valence-corrected chi connectivity index (χ3v) is 2.81. The molecule has 0 saturated carbocycles. The molecule has 0 radical (unpaired) electrons. The third-order valence-electron chi connectivity index (χ3n) is 2.81. The molecule has 1 atom stereocenters. The van der Waals surface area contributed by atoms with Crippen LogP contribution in [0.25, 0.3) is 0 Å². The summed E-state index contributed by atoms with van der Waals surface area (Å²) >= 11 is 0. The number of benzene rings is 1. The van der Waals surface area contributed by atoms with Crippen LogP contribution in [-0.2, 0) is 11.0 Å². The number of nitrogens with one attached hydrogen (secondary N) is 2. The molecule has 0 aliphatic carbocycles. The first-order valence-electron chi connectivity index (χ1n) is 6.68. The first-order valence-corrected chi connectivity index (χ1v) is 6.68. The average Bonchev–Trinajstić information content (AvgIpc) is 2.43. The standard InChI is InChI=1S/C14H18F3N3O2.ClH/c1-9(18)6-7-19-12(21)8-20-13(22)10-2-4-11(5-3-10)14(15,16)17;/h2-5,9H,6-8,18H2,1H3,(H,19,21)(H,20,22);1H. The second-order valence-electron chi connectivity index (χ2n) is 4.87. The average molecular weight is 354 g/mol. The van der Waals surface area contributed by atoms with Gasteiger partial charge in [0.05, 0.1) is 12.1 Å². The van der Waals surface area contributed by atoms with Gasteiger partial charge in [-0.05, 0) is 37.6 Å². The number of alkyl halides is 3. The zero-order valence-electron chi connectivity index (χ0n) is 12.4. The smallest absolute Gasteiger partial charge is 0.355 e. The first-order chi connectivity index (χ1) is 10.2. The van der Waals surface area contributed by atoms with E-state index in [4.69, 9.17) is 5.73 Å².